The van der Waals surface area contributed by atoms with Gasteiger partial charge in [0.2, 0.25) is 0 Å². The molecule has 0 bridgehead atoms. The maximum absolute atomic E-state index is 12.4. The van der Waals surface area contributed by atoms with Crippen molar-refractivity contribution in [3.8, 4) is 0 Å². The predicted octanol–water partition coefficient (Wildman–Crippen LogP) is 0.0567. The van der Waals surface area contributed by atoms with Crippen LogP contribution < -0.4 is 16.6 Å². The van der Waals surface area contributed by atoms with E-state index in [2.05, 4.69) is 20.4 Å². The normalized spacial score (nSPS) is 12.4. The Hall–Kier alpha value is -3.07. The minimum absolute atomic E-state index is 0.0545. The van der Waals surface area contributed by atoms with Crippen LogP contribution >= 0.6 is 0 Å². The van der Waals surface area contributed by atoms with Gasteiger partial charge in [0, 0.05) is 12.6 Å². The van der Waals surface area contributed by atoms with Crippen LogP contribution in [0.15, 0.2) is 39.9 Å². The van der Waals surface area contributed by atoms with E-state index in [0.29, 0.717) is 23.3 Å². The zero-order chi connectivity index (χ0) is 17.1. The zero-order valence-corrected chi connectivity index (χ0v) is 13.0. The maximum atomic E-state index is 12.4. The van der Waals surface area contributed by atoms with Crippen LogP contribution in [0.1, 0.15) is 23.4 Å². The van der Waals surface area contributed by atoms with Crippen molar-refractivity contribution in [1.29, 1.82) is 0 Å². The first-order chi connectivity index (χ1) is 11.5. The molecule has 24 heavy (non-hydrogen) atoms. The van der Waals surface area contributed by atoms with Gasteiger partial charge >= 0.3 is 11.8 Å². The number of fused-ring (bicyclic) bond motifs is 1. The van der Waals surface area contributed by atoms with Gasteiger partial charge in [-0.05, 0) is 19.1 Å². The lowest BCUT2D eigenvalue weighted by Gasteiger charge is -2.14. The van der Waals surface area contributed by atoms with E-state index < -0.39 is 5.91 Å². The predicted molar refractivity (Wildman–Crippen MR) is 85.1 cm³/mol. The Morgan fingerprint density at radius 1 is 1.42 bits per heavy atom. The summed E-state index contributed by atoms with van der Waals surface area (Å²) in [5.74, 6) is -0.676. The van der Waals surface area contributed by atoms with E-state index >= 15 is 0 Å². The number of nitrogens with two attached hydrogens (primary N) is 1. The molecule has 0 unspecified atom stereocenters. The molecule has 2 heterocycles. The second-order valence-corrected chi connectivity index (χ2v) is 5.38. The summed E-state index contributed by atoms with van der Waals surface area (Å²) >= 11 is 0. The van der Waals surface area contributed by atoms with Gasteiger partial charge in [-0.15, -0.1) is 0 Å². The van der Waals surface area contributed by atoms with Gasteiger partial charge in [0.25, 0.3) is 5.56 Å². The smallest absolute Gasteiger partial charge is 0.315 e. The van der Waals surface area contributed by atoms with Crippen LogP contribution in [0.25, 0.3) is 10.9 Å². The molecule has 0 fully saturated rings. The summed E-state index contributed by atoms with van der Waals surface area (Å²) in [6, 6.07) is 7.15. The zero-order valence-electron chi connectivity index (χ0n) is 13.0. The van der Waals surface area contributed by atoms with Crippen molar-refractivity contribution in [3.05, 3.63) is 52.7 Å². The van der Waals surface area contributed by atoms with Gasteiger partial charge in [-0.25, -0.2) is 4.98 Å². The summed E-state index contributed by atoms with van der Waals surface area (Å²) < 4.78 is 6.25. The minimum atomic E-state index is -0.768. The molecule has 124 valence electrons. The maximum Gasteiger partial charge on any atom is 0.315 e. The molecule has 9 nitrogen and oxygen atoms in total. The summed E-state index contributed by atoms with van der Waals surface area (Å²) in [5, 5.41) is 7.37. The van der Waals surface area contributed by atoms with Gasteiger partial charge in [-0.1, -0.05) is 17.3 Å². The molecule has 1 atom stereocenters. The van der Waals surface area contributed by atoms with Crippen LogP contribution in [0.3, 0.4) is 0 Å². The van der Waals surface area contributed by atoms with Gasteiger partial charge < -0.3 is 15.6 Å². The quantitative estimate of drug-likeness (QED) is 0.654. The molecule has 0 saturated carbocycles. The molecule has 0 aliphatic carbocycles. The lowest BCUT2D eigenvalue weighted by Crippen LogP contribution is -2.34. The average molecular weight is 328 g/mol. The fourth-order valence-electron chi connectivity index (χ4n) is 2.29. The summed E-state index contributed by atoms with van der Waals surface area (Å²) in [6.07, 6.45) is 1.53. The number of aromatic nitrogens is 4. The fraction of sp³-hybridized carbons (Fsp3) is 0.267. The number of benzene rings is 1. The molecule has 3 rings (SSSR count). The number of primary amides is 1. The van der Waals surface area contributed by atoms with Gasteiger partial charge in [-0.2, -0.15) is 4.98 Å². The number of carbonyl (C=O) groups is 1. The van der Waals surface area contributed by atoms with E-state index in [1.807, 2.05) is 19.1 Å². The highest BCUT2D eigenvalue weighted by molar-refractivity contribution is 5.87. The van der Waals surface area contributed by atoms with Crippen LogP contribution in [-0.2, 0) is 13.1 Å². The lowest BCUT2D eigenvalue weighted by molar-refractivity contribution is 0.0958. The first kappa shape index (κ1) is 15.8. The molecule has 9 heteroatoms. The molecule has 1 aromatic carbocycles. The standard InChI is InChI=1S/C15H16N6O3/c1-9(17-6-12-19-14(13(16)22)24-20-12)7-21-8-18-11-5-3-2-4-10(11)15(21)23/h2-5,8-9,17H,6-7H2,1H3,(H2,16,22)/t9-/m0/s1. The molecule has 3 aromatic rings. The molecule has 0 aliphatic heterocycles. The van der Waals surface area contributed by atoms with Gasteiger partial charge in [0.05, 0.1) is 23.8 Å². The Morgan fingerprint density at radius 2 is 2.21 bits per heavy atom. The number of rotatable bonds is 6. The highest BCUT2D eigenvalue weighted by Crippen LogP contribution is 2.05. The highest BCUT2D eigenvalue weighted by atomic mass is 16.5. The van der Waals surface area contributed by atoms with Crippen LogP contribution in [0.2, 0.25) is 0 Å². The Morgan fingerprint density at radius 3 is 2.96 bits per heavy atom. The highest BCUT2D eigenvalue weighted by Gasteiger charge is 2.12. The van der Waals surface area contributed by atoms with Crippen molar-refractivity contribution >= 4 is 16.8 Å². The molecule has 1 amide bonds. The molecule has 3 N–H and O–H groups in total. The second-order valence-electron chi connectivity index (χ2n) is 5.38. The molecule has 0 saturated heterocycles. The van der Waals surface area contributed by atoms with Crippen molar-refractivity contribution in [1.82, 2.24) is 25.0 Å². The summed E-state index contributed by atoms with van der Waals surface area (Å²) in [4.78, 5) is 31.5. The monoisotopic (exact) mass is 328 g/mol. The van der Waals surface area contributed by atoms with E-state index in [4.69, 9.17) is 10.3 Å². The van der Waals surface area contributed by atoms with E-state index in [1.165, 1.54) is 6.33 Å². The van der Waals surface area contributed by atoms with E-state index in [0.717, 1.165) is 0 Å². The number of hydrogen-bond donors (Lipinski definition) is 2. The van der Waals surface area contributed by atoms with Gasteiger partial charge in [0.15, 0.2) is 5.82 Å². The first-order valence-corrected chi connectivity index (χ1v) is 7.34. The minimum Gasteiger partial charge on any atom is -0.361 e. The molecular formula is C15H16N6O3. The molecule has 0 aliphatic rings. The van der Waals surface area contributed by atoms with Crippen LogP contribution in [0, 0.1) is 0 Å². The molecular weight excluding hydrogens is 312 g/mol. The Kier molecular flexibility index (Phi) is 4.34. The number of carbonyl (C=O) groups excluding carboxylic acids is 1. The Bertz CT molecular complexity index is 932. The van der Waals surface area contributed by atoms with Crippen LogP contribution in [0.5, 0.6) is 0 Å². The molecule has 0 radical (unpaired) electrons. The van der Waals surface area contributed by atoms with E-state index in [1.54, 1.807) is 16.7 Å². The number of amides is 1. The van der Waals surface area contributed by atoms with Crippen molar-refractivity contribution < 1.29 is 9.32 Å². The third-order valence-corrected chi connectivity index (χ3v) is 3.49. The Balaban J connectivity index is 1.66. The average Bonchev–Trinajstić information content (AvgIpc) is 3.05. The number of hydrogen-bond acceptors (Lipinski definition) is 7. The molecule has 2 aromatic heterocycles. The second kappa shape index (κ2) is 6.59. The largest absolute Gasteiger partial charge is 0.361 e. The lowest BCUT2D eigenvalue weighted by atomic mass is 10.2. The third kappa shape index (κ3) is 3.30. The Labute approximate surface area is 136 Å². The number of para-hydroxylation sites is 1. The van der Waals surface area contributed by atoms with Crippen molar-refractivity contribution in [3.63, 3.8) is 0 Å². The number of nitrogens with zero attached hydrogens (tertiary/aromatic N) is 4. The fourth-order valence-corrected chi connectivity index (χ4v) is 2.29. The first-order valence-electron chi connectivity index (χ1n) is 7.34. The van der Waals surface area contributed by atoms with Gasteiger partial charge in [-0.3, -0.25) is 14.2 Å². The van der Waals surface area contributed by atoms with Crippen molar-refractivity contribution in [2.75, 3.05) is 0 Å². The van der Waals surface area contributed by atoms with E-state index in [-0.39, 0.29) is 24.0 Å². The third-order valence-electron chi connectivity index (χ3n) is 3.49. The summed E-state index contributed by atoms with van der Waals surface area (Å²) in [7, 11) is 0. The van der Waals surface area contributed by atoms with E-state index in [9.17, 15) is 9.59 Å². The summed E-state index contributed by atoms with van der Waals surface area (Å²) in [5.41, 5.74) is 5.63. The SMILES string of the molecule is C[C@@H](Cn1cnc2ccccc2c1=O)NCc1noc(C(N)=O)n1. The van der Waals surface area contributed by atoms with Gasteiger partial charge in [0.1, 0.15) is 0 Å². The van der Waals surface area contributed by atoms with Crippen molar-refractivity contribution in [2.24, 2.45) is 5.73 Å². The van der Waals surface area contributed by atoms with Crippen LogP contribution in [-0.4, -0.2) is 31.6 Å². The topological polar surface area (TPSA) is 129 Å². The summed E-state index contributed by atoms with van der Waals surface area (Å²) in [6.45, 7) is 2.63. The number of nitrogens with one attached hydrogen (secondary N) is 1. The van der Waals surface area contributed by atoms with Crippen molar-refractivity contribution in [2.45, 2.75) is 26.1 Å². The van der Waals surface area contributed by atoms with Crippen LogP contribution in [0.4, 0.5) is 0 Å². The molecule has 0 spiro atoms.